The molecule has 2 heterocycles. The third-order valence-electron chi connectivity index (χ3n) is 9.32. The third-order valence-corrected chi connectivity index (χ3v) is 9.32. The van der Waals surface area contributed by atoms with Gasteiger partial charge in [0.25, 0.3) is 11.8 Å². The molecule has 1 aromatic heterocycles. The fourth-order valence-electron chi connectivity index (χ4n) is 6.27. The van der Waals surface area contributed by atoms with Crippen molar-refractivity contribution in [3.8, 4) is 0 Å². The Balaban J connectivity index is 1.34. The van der Waals surface area contributed by atoms with Crippen molar-refractivity contribution in [3.05, 3.63) is 137 Å². The average molecular weight is 689 g/mol. The van der Waals surface area contributed by atoms with Gasteiger partial charge in [0, 0.05) is 47.7 Å². The molecule has 5 N–H and O–H groups in total. The molecule has 0 bridgehead atoms. The lowest BCUT2D eigenvalue weighted by Gasteiger charge is -2.27. The van der Waals surface area contributed by atoms with Crippen molar-refractivity contribution in [2.24, 2.45) is 5.92 Å². The van der Waals surface area contributed by atoms with Crippen LogP contribution in [0.5, 0.6) is 0 Å². The van der Waals surface area contributed by atoms with Crippen LogP contribution < -0.4 is 16.0 Å². The van der Waals surface area contributed by atoms with Crippen LogP contribution in [-0.2, 0) is 16.9 Å². The Hall–Kier alpha value is -5.32. The summed E-state index contributed by atoms with van der Waals surface area (Å²) in [6, 6.07) is 21.5. The van der Waals surface area contributed by atoms with Gasteiger partial charge in [0.15, 0.2) is 5.60 Å². The van der Waals surface area contributed by atoms with Gasteiger partial charge in [0.05, 0.1) is 23.9 Å². The van der Waals surface area contributed by atoms with Crippen molar-refractivity contribution in [1.29, 1.82) is 0 Å². The number of anilines is 3. The number of rotatable bonds is 15. The Morgan fingerprint density at radius 3 is 2.47 bits per heavy atom. The first-order valence-electron chi connectivity index (χ1n) is 17.4. The molecule has 0 saturated heterocycles. The number of nitrogens with one attached hydrogen (secondary N) is 1. The molecule has 0 saturated carbocycles. The molecule has 0 fully saturated rings. The highest BCUT2D eigenvalue weighted by Gasteiger charge is 2.52. The van der Waals surface area contributed by atoms with Gasteiger partial charge in [-0.2, -0.15) is 0 Å². The van der Waals surface area contributed by atoms with Crippen LogP contribution in [0, 0.1) is 5.92 Å². The highest BCUT2D eigenvalue weighted by atomic mass is 16.3. The largest absolute Gasteiger partial charge is 0.399 e. The maximum atomic E-state index is 14.2. The summed E-state index contributed by atoms with van der Waals surface area (Å²) >= 11 is 0. The number of allylic oxidation sites excluding steroid dienone is 4. The van der Waals surface area contributed by atoms with Gasteiger partial charge in [-0.3, -0.25) is 14.3 Å². The molecule has 3 atom stereocenters. The number of hydrogen-bond donors (Lipinski definition) is 4. The summed E-state index contributed by atoms with van der Waals surface area (Å²) in [4.78, 5) is 28.8. The molecule has 10 nitrogen and oxygen atoms in total. The number of nitrogen functional groups attached to an aromatic ring is 1. The standard InChI is InChI=1S/C41H48N6O4/c1-28(2)11-10-12-29(3)22-24-47-38-21-20-34(43-39(49)32-16-18-33(42)19-17-32)25-36(38)41(51,40(47)50)30(4)13-8-9-23-46-26-37(44-45-46)35(27-48)31-14-6-5-7-15-31/h5-8,11,13-22,25-26,30,35,48,51H,9-10,12,23-24,27,42H2,1-4H3,(H,43,49)/b13-8+,29-22+/t30-,35?,41+/m1/s1. The maximum absolute atomic E-state index is 14.2. The number of aliphatic hydroxyl groups is 2. The molecule has 3 aromatic carbocycles. The minimum atomic E-state index is -1.86. The van der Waals surface area contributed by atoms with Crippen LogP contribution in [0.25, 0.3) is 0 Å². The fraction of sp³-hybridized carbons (Fsp3) is 0.317. The summed E-state index contributed by atoms with van der Waals surface area (Å²) in [5, 5.41) is 33.8. The third kappa shape index (κ3) is 8.71. The summed E-state index contributed by atoms with van der Waals surface area (Å²) in [6.45, 7) is 8.78. The Bertz CT molecular complexity index is 1910. The van der Waals surface area contributed by atoms with E-state index in [1.807, 2.05) is 61.7 Å². The molecule has 0 radical (unpaired) electrons. The zero-order chi connectivity index (χ0) is 36.5. The summed E-state index contributed by atoms with van der Waals surface area (Å²) < 4.78 is 1.73. The van der Waals surface area contributed by atoms with E-state index >= 15 is 0 Å². The van der Waals surface area contributed by atoms with E-state index in [1.165, 1.54) is 5.57 Å². The van der Waals surface area contributed by atoms with Crippen LogP contribution in [-0.4, -0.2) is 50.2 Å². The predicted octanol–water partition coefficient (Wildman–Crippen LogP) is 6.75. The number of carbonyl (C=O) groups is 2. The highest BCUT2D eigenvalue weighted by Crippen LogP contribution is 2.46. The van der Waals surface area contributed by atoms with Crippen molar-refractivity contribution < 1.29 is 19.8 Å². The number of aryl methyl sites for hydroxylation is 1. The minimum Gasteiger partial charge on any atom is -0.399 e. The second-order valence-corrected chi connectivity index (χ2v) is 13.4. The first kappa shape index (κ1) is 36.9. The molecule has 4 aromatic rings. The molecule has 0 spiro atoms. The normalized spacial score (nSPS) is 17.0. The van der Waals surface area contributed by atoms with Crippen LogP contribution in [0.15, 0.2) is 114 Å². The lowest BCUT2D eigenvalue weighted by Crippen LogP contribution is -2.44. The van der Waals surface area contributed by atoms with E-state index in [4.69, 9.17) is 5.73 Å². The van der Waals surface area contributed by atoms with Crippen LogP contribution >= 0.6 is 0 Å². The first-order chi connectivity index (χ1) is 24.5. The van der Waals surface area contributed by atoms with Crippen LogP contribution in [0.1, 0.15) is 80.1 Å². The number of fused-ring (bicyclic) bond motifs is 1. The Labute approximate surface area is 300 Å². The van der Waals surface area contributed by atoms with Gasteiger partial charge in [-0.05, 0) is 88.1 Å². The molecule has 1 aliphatic heterocycles. The topological polar surface area (TPSA) is 147 Å². The van der Waals surface area contributed by atoms with Gasteiger partial charge in [0.1, 0.15) is 0 Å². The van der Waals surface area contributed by atoms with E-state index in [1.54, 1.807) is 52.0 Å². The molecular formula is C41H48N6O4. The van der Waals surface area contributed by atoms with Gasteiger partial charge in [-0.25, -0.2) is 0 Å². The Morgan fingerprint density at radius 1 is 1.02 bits per heavy atom. The number of hydrogen-bond acceptors (Lipinski definition) is 7. The Morgan fingerprint density at radius 2 is 1.76 bits per heavy atom. The van der Waals surface area contributed by atoms with E-state index < -0.39 is 17.4 Å². The van der Waals surface area contributed by atoms with Gasteiger partial charge in [-0.15, -0.1) is 5.10 Å². The van der Waals surface area contributed by atoms with Crippen molar-refractivity contribution >= 4 is 28.9 Å². The van der Waals surface area contributed by atoms with Crippen LogP contribution in [0.4, 0.5) is 17.1 Å². The van der Waals surface area contributed by atoms with Crippen molar-refractivity contribution in [1.82, 2.24) is 15.0 Å². The average Bonchev–Trinajstić information content (AvgIpc) is 3.67. The summed E-state index contributed by atoms with van der Waals surface area (Å²) in [6.07, 6.45) is 12.2. The monoisotopic (exact) mass is 688 g/mol. The number of nitrogens with zero attached hydrogens (tertiary/aromatic N) is 4. The second kappa shape index (κ2) is 16.6. The first-order valence-corrected chi connectivity index (χ1v) is 17.4. The molecular weight excluding hydrogens is 640 g/mol. The number of benzene rings is 3. The summed E-state index contributed by atoms with van der Waals surface area (Å²) in [5.41, 5.74) is 10.5. The maximum Gasteiger partial charge on any atom is 0.264 e. The van der Waals surface area contributed by atoms with E-state index in [-0.39, 0.29) is 18.4 Å². The second-order valence-electron chi connectivity index (χ2n) is 13.4. The molecule has 1 unspecified atom stereocenters. The number of nitrogens with two attached hydrogens (primary N) is 1. The smallest absolute Gasteiger partial charge is 0.264 e. The molecule has 266 valence electrons. The van der Waals surface area contributed by atoms with Gasteiger partial charge in [-0.1, -0.05) is 77.9 Å². The van der Waals surface area contributed by atoms with Gasteiger partial charge in [0.2, 0.25) is 0 Å². The van der Waals surface area contributed by atoms with Crippen LogP contribution in [0.2, 0.25) is 0 Å². The van der Waals surface area contributed by atoms with Crippen molar-refractivity contribution in [2.75, 3.05) is 29.1 Å². The molecule has 5 rings (SSSR count). The minimum absolute atomic E-state index is 0.0801. The SMILES string of the molecule is CC(C)=CCC/C(C)=C/CN1C(=O)[C@](O)([C@H](C)/C=C/CCn2cc(C(CO)c3ccccc3)nn2)c2cc(NC(=O)c3ccc(N)cc3)ccc21. The summed E-state index contributed by atoms with van der Waals surface area (Å²) in [5.74, 6) is -1.60. The van der Waals surface area contributed by atoms with E-state index in [0.717, 1.165) is 24.0 Å². The van der Waals surface area contributed by atoms with E-state index in [9.17, 15) is 19.8 Å². The van der Waals surface area contributed by atoms with Gasteiger partial charge < -0.3 is 26.2 Å². The quantitative estimate of drug-likeness (QED) is 0.0799. The zero-order valence-electron chi connectivity index (χ0n) is 29.8. The number of aromatic nitrogens is 3. The molecule has 0 aliphatic carbocycles. The molecule has 10 heteroatoms. The molecule has 2 amide bonds. The van der Waals surface area contributed by atoms with E-state index in [0.29, 0.717) is 53.4 Å². The summed E-state index contributed by atoms with van der Waals surface area (Å²) in [7, 11) is 0. The molecule has 1 aliphatic rings. The van der Waals surface area contributed by atoms with Crippen molar-refractivity contribution in [2.45, 2.75) is 65.0 Å². The lowest BCUT2D eigenvalue weighted by molar-refractivity contribution is -0.139. The van der Waals surface area contributed by atoms with Crippen molar-refractivity contribution in [3.63, 3.8) is 0 Å². The highest BCUT2D eigenvalue weighted by molar-refractivity contribution is 6.09. The number of amides is 2. The van der Waals surface area contributed by atoms with Crippen LogP contribution in [0.3, 0.4) is 0 Å². The lowest BCUT2D eigenvalue weighted by atomic mass is 9.82. The molecule has 51 heavy (non-hydrogen) atoms. The number of carbonyl (C=O) groups excluding carboxylic acids is 2. The van der Waals surface area contributed by atoms with Gasteiger partial charge >= 0.3 is 0 Å². The predicted molar refractivity (Wildman–Crippen MR) is 202 cm³/mol. The Kier molecular flexibility index (Phi) is 12.0. The zero-order valence-corrected chi connectivity index (χ0v) is 29.8. The fourth-order valence-corrected chi connectivity index (χ4v) is 6.27. The van der Waals surface area contributed by atoms with E-state index in [2.05, 4.69) is 42.5 Å². The number of aliphatic hydroxyl groups excluding tert-OH is 1.